The molecule has 2 saturated carbocycles. The molecule has 0 atom stereocenters. The van der Waals surface area contributed by atoms with Crippen LogP contribution in [0, 0.1) is 0 Å². The SMILES string of the molecule is CN(C(=O)COc1cccc(Cl)c1CNC1CC1)C1CC1. The Morgan fingerprint density at radius 1 is 1.38 bits per heavy atom. The van der Waals surface area contributed by atoms with Gasteiger partial charge in [-0.1, -0.05) is 17.7 Å². The number of carbonyl (C=O) groups is 1. The third-order valence-corrected chi connectivity index (χ3v) is 4.41. The van der Waals surface area contributed by atoms with Gasteiger partial charge in [-0.15, -0.1) is 0 Å². The van der Waals surface area contributed by atoms with Crippen LogP contribution < -0.4 is 10.1 Å². The number of amides is 1. The summed E-state index contributed by atoms with van der Waals surface area (Å²) >= 11 is 6.26. The molecule has 2 aliphatic rings. The minimum atomic E-state index is 0.0265. The highest BCUT2D eigenvalue weighted by molar-refractivity contribution is 6.31. The van der Waals surface area contributed by atoms with Crippen LogP contribution in [0.1, 0.15) is 31.2 Å². The van der Waals surface area contributed by atoms with Crippen LogP contribution in [-0.4, -0.2) is 36.5 Å². The minimum absolute atomic E-state index is 0.0265. The maximum Gasteiger partial charge on any atom is 0.260 e. The molecule has 0 aromatic heterocycles. The van der Waals surface area contributed by atoms with E-state index in [-0.39, 0.29) is 12.5 Å². The highest BCUT2D eigenvalue weighted by Gasteiger charge is 2.29. The van der Waals surface area contributed by atoms with Crippen molar-refractivity contribution in [2.24, 2.45) is 0 Å². The zero-order valence-corrected chi connectivity index (χ0v) is 13.0. The van der Waals surface area contributed by atoms with Crippen molar-refractivity contribution in [1.29, 1.82) is 0 Å². The van der Waals surface area contributed by atoms with Crippen LogP contribution in [-0.2, 0) is 11.3 Å². The summed E-state index contributed by atoms with van der Waals surface area (Å²) in [4.78, 5) is 13.8. The molecule has 3 rings (SSSR count). The molecule has 0 unspecified atom stereocenters. The summed E-state index contributed by atoms with van der Waals surface area (Å²) in [5, 5.41) is 4.12. The maximum atomic E-state index is 12.0. The van der Waals surface area contributed by atoms with Gasteiger partial charge in [0.25, 0.3) is 5.91 Å². The highest BCUT2D eigenvalue weighted by atomic mass is 35.5. The summed E-state index contributed by atoms with van der Waals surface area (Å²) in [5.41, 5.74) is 0.938. The molecule has 0 bridgehead atoms. The van der Waals surface area contributed by atoms with E-state index in [1.807, 2.05) is 25.2 Å². The zero-order chi connectivity index (χ0) is 14.8. The summed E-state index contributed by atoms with van der Waals surface area (Å²) in [6.45, 7) is 0.760. The first-order chi connectivity index (χ1) is 10.1. The topological polar surface area (TPSA) is 41.6 Å². The molecule has 0 saturated heterocycles. The number of halogens is 1. The number of likely N-dealkylation sites (N-methyl/N-ethyl adjacent to an activating group) is 1. The summed E-state index contributed by atoms with van der Waals surface area (Å²) in [5.74, 6) is 0.728. The van der Waals surface area contributed by atoms with E-state index in [9.17, 15) is 4.79 Å². The Kier molecular flexibility index (Phi) is 4.36. The standard InChI is InChI=1S/C16H21ClN2O2/c1-19(12-7-8-12)16(20)10-21-15-4-2-3-14(17)13(15)9-18-11-5-6-11/h2-4,11-12,18H,5-10H2,1H3. The fourth-order valence-electron chi connectivity index (χ4n) is 2.29. The smallest absolute Gasteiger partial charge is 0.260 e. The summed E-state index contributed by atoms with van der Waals surface area (Å²) in [6.07, 6.45) is 4.67. The third-order valence-electron chi connectivity index (χ3n) is 4.06. The van der Waals surface area contributed by atoms with Gasteiger partial charge in [0.15, 0.2) is 6.61 Å². The number of nitrogens with one attached hydrogen (secondary N) is 1. The maximum absolute atomic E-state index is 12.0. The zero-order valence-electron chi connectivity index (χ0n) is 12.3. The van der Waals surface area contributed by atoms with Crippen molar-refractivity contribution in [1.82, 2.24) is 10.2 Å². The molecule has 0 heterocycles. The molecule has 2 aliphatic carbocycles. The van der Waals surface area contributed by atoms with Gasteiger partial charge >= 0.3 is 0 Å². The Morgan fingerprint density at radius 3 is 2.81 bits per heavy atom. The molecule has 114 valence electrons. The van der Waals surface area contributed by atoms with Crippen molar-refractivity contribution in [2.45, 2.75) is 44.3 Å². The second-order valence-electron chi connectivity index (χ2n) is 5.90. The molecule has 4 nitrogen and oxygen atoms in total. The average molecular weight is 309 g/mol. The normalized spacial score (nSPS) is 17.6. The number of carbonyl (C=O) groups excluding carboxylic acids is 1. The van der Waals surface area contributed by atoms with Gasteiger partial charge in [-0.3, -0.25) is 4.79 Å². The molecule has 0 aliphatic heterocycles. The van der Waals surface area contributed by atoms with E-state index in [0.717, 1.165) is 18.4 Å². The third kappa shape index (κ3) is 3.89. The van der Waals surface area contributed by atoms with Crippen molar-refractivity contribution in [3.63, 3.8) is 0 Å². The number of benzene rings is 1. The fourth-order valence-corrected chi connectivity index (χ4v) is 2.52. The van der Waals surface area contributed by atoms with Crippen molar-refractivity contribution in [2.75, 3.05) is 13.7 Å². The fraction of sp³-hybridized carbons (Fsp3) is 0.562. The Labute approximate surface area is 130 Å². The van der Waals surface area contributed by atoms with Gasteiger partial charge in [0, 0.05) is 36.3 Å². The van der Waals surface area contributed by atoms with Gasteiger partial charge < -0.3 is 15.0 Å². The molecule has 0 radical (unpaired) electrons. The number of ether oxygens (including phenoxy) is 1. The van der Waals surface area contributed by atoms with E-state index >= 15 is 0 Å². The van der Waals surface area contributed by atoms with E-state index in [2.05, 4.69) is 5.32 Å². The number of rotatable bonds is 7. The lowest BCUT2D eigenvalue weighted by atomic mass is 10.2. The molecule has 5 heteroatoms. The Bertz CT molecular complexity index is 527. The second-order valence-corrected chi connectivity index (χ2v) is 6.30. The lowest BCUT2D eigenvalue weighted by Gasteiger charge is -2.18. The van der Waals surface area contributed by atoms with Gasteiger partial charge in [0.2, 0.25) is 0 Å². The average Bonchev–Trinajstić information content (AvgIpc) is 3.36. The van der Waals surface area contributed by atoms with E-state index < -0.39 is 0 Å². The quantitative estimate of drug-likeness (QED) is 0.842. The predicted octanol–water partition coefficient (Wildman–Crippen LogP) is 2.59. The number of hydrogen-bond donors (Lipinski definition) is 1. The van der Waals surface area contributed by atoms with Crippen LogP contribution in [0.3, 0.4) is 0 Å². The number of hydrogen-bond acceptors (Lipinski definition) is 3. The molecule has 1 aromatic carbocycles. The molecular formula is C16H21ClN2O2. The van der Waals surface area contributed by atoms with Gasteiger partial charge in [-0.25, -0.2) is 0 Å². The first-order valence-corrected chi connectivity index (χ1v) is 7.92. The van der Waals surface area contributed by atoms with Crippen LogP contribution >= 0.6 is 11.6 Å². The predicted molar refractivity (Wildman–Crippen MR) is 82.6 cm³/mol. The first-order valence-electron chi connectivity index (χ1n) is 7.54. The van der Waals surface area contributed by atoms with Gasteiger partial charge in [-0.05, 0) is 37.8 Å². The van der Waals surface area contributed by atoms with Crippen molar-refractivity contribution < 1.29 is 9.53 Å². The van der Waals surface area contributed by atoms with Crippen LogP contribution in [0.5, 0.6) is 5.75 Å². The van der Waals surface area contributed by atoms with Crippen LogP contribution in [0.15, 0.2) is 18.2 Å². The van der Waals surface area contributed by atoms with Crippen LogP contribution in [0.4, 0.5) is 0 Å². The summed E-state index contributed by atoms with van der Waals surface area (Å²) < 4.78 is 5.72. The number of nitrogens with zero attached hydrogens (tertiary/aromatic N) is 1. The Morgan fingerprint density at radius 2 is 2.14 bits per heavy atom. The lowest BCUT2D eigenvalue weighted by molar-refractivity contribution is -0.132. The molecule has 2 fully saturated rings. The Hall–Kier alpha value is -1.26. The van der Waals surface area contributed by atoms with E-state index in [4.69, 9.17) is 16.3 Å². The monoisotopic (exact) mass is 308 g/mol. The van der Waals surface area contributed by atoms with Crippen molar-refractivity contribution in [3.05, 3.63) is 28.8 Å². The van der Waals surface area contributed by atoms with Crippen molar-refractivity contribution >= 4 is 17.5 Å². The molecule has 21 heavy (non-hydrogen) atoms. The van der Waals surface area contributed by atoms with E-state index in [0.29, 0.717) is 29.4 Å². The summed E-state index contributed by atoms with van der Waals surface area (Å²) in [6, 6.07) is 6.61. The second kappa shape index (κ2) is 6.24. The molecule has 1 aromatic rings. The lowest BCUT2D eigenvalue weighted by Crippen LogP contribution is -2.33. The minimum Gasteiger partial charge on any atom is -0.483 e. The van der Waals surface area contributed by atoms with Crippen LogP contribution in [0.2, 0.25) is 5.02 Å². The van der Waals surface area contributed by atoms with Gasteiger partial charge in [-0.2, -0.15) is 0 Å². The van der Waals surface area contributed by atoms with Gasteiger partial charge in [0.05, 0.1) is 0 Å². The Balaban J connectivity index is 1.60. The van der Waals surface area contributed by atoms with Crippen molar-refractivity contribution in [3.8, 4) is 5.75 Å². The highest BCUT2D eigenvalue weighted by Crippen LogP contribution is 2.29. The molecular weight excluding hydrogens is 288 g/mol. The van der Waals surface area contributed by atoms with Gasteiger partial charge in [0.1, 0.15) is 5.75 Å². The van der Waals surface area contributed by atoms with E-state index in [1.54, 1.807) is 4.90 Å². The summed E-state index contributed by atoms with van der Waals surface area (Å²) in [7, 11) is 1.84. The molecule has 0 spiro atoms. The molecule has 1 amide bonds. The molecule has 1 N–H and O–H groups in total. The van der Waals surface area contributed by atoms with Crippen LogP contribution in [0.25, 0.3) is 0 Å². The van der Waals surface area contributed by atoms with E-state index in [1.165, 1.54) is 12.8 Å². The largest absolute Gasteiger partial charge is 0.483 e. The first kappa shape index (κ1) is 14.7.